The Morgan fingerprint density at radius 2 is 1.28 bits per heavy atom. The smallest absolute Gasteiger partial charge is 0.253 e. The lowest BCUT2D eigenvalue weighted by Gasteiger charge is -2.23. The number of nitrogens with one attached hydrogen (secondary N) is 2. The number of benzene rings is 3. The zero-order chi connectivity index (χ0) is 20.5. The molecule has 5 nitrogen and oxygen atoms in total. The fourth-order valence-electron chi connectivity index (χ4n) is 2.86. The van der Waals surface area contributed by atoms with Crippen LogP contribution in [0.15, 0.2) is 84.9 Å². The van der Waals surface area contributed by atoms with E-state index in [1.54, 1.807) is 24.3 Å². The highest BCUT2D eigenvalue weighted by Gasteiger charge is 2.14. The van der Waals surface area contributed by atoms with Gasteiger partial charge in [-0.3, -0.25) is 15.0 Å². The molecule has 0 heterocycles. The van der Waals surface area contributed by atoms with Crippen LogP contribution in [0, 0.1) is 0 Å². The van der Waals surface area contributed by atoms with Gasteiger partial charge in [-0.15, -0.1) is 0 Å². The summed E-state index contributed by atoms with van der Waals surface area (Å²) in [6.07, 6.45) is 0. The second kappa shape index (κ2) is 10.4. The van der Waals surface area contributed by atoms with Gasteiger partial charge in [-0.1, -0.05) is 84.4 Å². The largest absolute Gasteiger partial charge is 0.343 e. The van der Waals surface area contributed by atoms with Crippen molar-refractivity contribution in [2.24, 2.45) is 0 Å². The molecular formula is C23H22ClN3O2. The van der Waals surface area contributed by atoms with Crippen molar-refractivity contribution in [2.45, 2.75) is 13.1 Å². The molecule has 0 aliphatic carbocycles. The lowest BCUT2D eigenvalue weighted by molar-refractivity contribution is -0.125. The van der Waals surface area contributed by atoms with E-state index in [2.05, 4.69) is 10.7 Å². The molecule has 148 valence electrons. The molecule has 0 unspecified atom stereocenters. The summed E-state index contributed by atoms with van der Waals surface area (Å²) in [6, 6.07) is 26.5. The first-order valence-electron chi connectivity index (χ1n) is 9.27. The minimum absolute atomic E-state index is 0.149. The lowest BCUT2D eigenvalue weighted by Crippen LogP contribution is -2.46. The predicted molar refractivity (Wildman–Crippen MR) is 114 cm³/mol. The third-order valence-corrected chi connectivity index (χ3v) is 4.57. The van der Waals surface area contributed by atoms with Crippen LogP contribution in [0.5, 0.6) is 0 Å². The Labute approximate surface area is 175 Å². The molecule has 6 heteroatoms. The molecule has 0 spiro atoms. The molecule has 2 amide bonds. The summed E-state index contributed by atoms with van der Waals surface area (Å²) in [7, 11) is 0. The standard InChI is InChI=1S/C23H22ClN3O2/c24-21-14-8-7-13-20(21)23(29)25-15-22(28)26-27(16-18-9-3-1-4-10-18)17-19-11-5-2-6-12-19/h1-14H,15-17H2,(H,25,29)(H,26,28). The molecule has 0 aromatic heterocycles. The highest BCUT2D eigenvalue weighted by molar-refractivity contribution is 6.33. The molecule has 0 radical (unpaired) electrons. The second-order valence-electron chi connectivity index (χ2n) is 6.52. The van der Waals surface area contributed by atoms with Gasteiger partial charge in [0.2, 0.25) is 0 Å². The van der Waals surface area contributed by atoms with Gasteiger partial charge >= 0.3 is 0 Å². The van der Waals surface area contributed by atoms with Crippen molar-refractivity contribution < 1.29 is 9.59 Å². The van der Waals surface area contributed by atoms with Crippen LogP contribution in [-0.2, 0) is 17.9 Å². The van der Waals surface area contributed by atoms with Crippen molar-refractivity contribution in [3.63, 3.8) is 0 Å². The number of halogens is 1. The highest BCUT2D eigenvalue weighted by atomic mass is 35.5. The van der Waals surface area contributed by atoms with Gasteiger partial charge in [0.25, 0.3) is 11.8 Å². The maximum absolute atomic E-state index is 12.5. The summed E-state index contributed by atoms with van der Waals surface area (Å²) in [6.45, 7) is 0.935. The van der Waals surface area contributed by atoms with Gasteiger partial charge in [0.05, 0.1) is 17.1 Å². The monoisotopic (exact) mass is 407 g/mol. The molecule has 0 bridgehead atoms. The third kappa shape index (κ3) is 6.45. The zero-order valence-electron chi connectivity index (χ0n) is 15.8. The maximum atomic E-state index is 12.5. The lowest BCUT2D eigenvalue weighted by atomic mass is 10.2. The van der Waals surface area contributed by atoms with E-state index in [1.807, 2.05) is 65.7 Å². The minimum atomic E-state index is -0.386. The molecule has 0 aliphatic heterocycles. The van der Waals surface area contributed by atoms with Crippen LogP contribution in [0.1, 0.15) is 21.5 Å². The quantitative estimate of drug-likeness (QED) is 0.558. The SMILES string of the molecule is O=C(CNC(=O)c1ccccc1Cl)NN(Cc1ccccc1)Cc1ccccc1. The summed E-state index contributed by atoms with van der Waals surface area (Å²) >= 11 is 6.03. The molecule has 0 saturated heterocycles. The van der Waals surface area contributed by atoms with E-state index in [-0.39, 0.29) is 18.4 Å². The minimum Gasteiger partial charge on any atom is -0.343 e. The summed E-state index contributed by atoms with van der Waals surface area (Å²) in [4.78, 5) is 24.7. The Morgan fingerprint density at radius 3 is 1.83 bits per heavy atom. The maximum Gasteiger partial charge on any atom is 0.253 e. The summed E-state index contributed by atoms with van der Waals surface area (Å²) < 4.78 is 0. The third-order valence-electron chi connectivity index (χ3n) is 4.24. The Balaban J connectivity index is 1.61. The van der Waals surface area contributed by atoms with E-state index in [4.69, 9.17) is 11.6 Å². The second-order valence-corrected chi connectivity index (χ2v) is 6.93. The van der Waals surface area contributed by atoms with E-state index in [0.29, 0.717) is 23.7 Å². The Hall–Kier alpha value is -3.15. The molecule has 0 aliphatic rings. The number of rotatable bonds is 8. The number of hydrogen-bond acceptors (Lipinski definition) is 3. The Morgan fingerprint density at radius 1 is 0.759 bits per heavy atom. The van der Waals surface area contributed by atoms with E-state index < -0.39 is 0 Å². The summed E-state index contributed by atoms with van der Waals surface area (Å²) in [5.41, 5.74) is 5.37. The van der Waals surface area contributed by atoms with E-state index in [1.165, 1.54) is 0 Å². The van der Waals surface area contributed by atoms with Gasteiger partial charge in [0, 0.05) is 13.1 Å². The molecular weight excluding hydrogens is 386 g/mol. The highest BCUT2D eigenvalue weighted by Crippen LogP contribution is 2.14. The fraction of sp³-hybridized carbons (Fsp3) is 0.130. The van der Waals surface area contributed by atoms with Gasteiger partial charge < -0.3 is 5.32 Å². The average molecular weight is 408 g/mol. The number of nitrogens with zero attached hydrogens (tertiary/aromatic N) is 1. The number of carbonyl (C=O) groups excluding carboxylic acids is 2. The molecule has 0 saturated carbocycles. The Bertz CT molecular complexity index is 907. The van der Waals surface area contributed by atoms with Crippen molar-refractivity contribution in [2.75, 3.05) is 6.54 Å². The first-order chi connectivity index (χ1) is 14.1. The van der Waals surface area contributed by atoms with Gasteiger partial charge in [0.15, 0.2) is 0 Å². The van der Waals surface area contributed by atoms with Crippen LogP contribution >= 0.6 is 11.6 Å². The van der Waals surface area contributed by atoms with Gasteiger partial charge in [-0.25, -0.2) is 5.01 Å². The molecule has 3 aromatic carbocycles. The normalized spacial score (nSPS) is 10.6. The molecule has 3 rings (SSSR count). The summed E-state index contributed by atoms with van der Waals surface area (Å²) in [5, 5.41) is 4.79. The van der Waals surface area contributed by atoms with E-state index in [9.17, 15) is 9.59 Å². The van der Waals surface area contributed by atoms with Crippen LogP contribution in [0.4, 0.5) is 0 Å². The molecule has 2 N–H and O–H groups in total. The van der Waals surface area contributed by atoms with Crippen LogP contribution in [0.3, 0.4) is 0 Å². The van der Waals surface area contributed by atoms with Crippen LogP contribution in [0.25, 0.3) is 0 Å². The molecule has 29 heavy (non-hydrogen) atoms. The topological polar surface area (TPSA) is 61.4 Å². The zero-order valence-corrected chi connectivity index (χ0v) is 16.6. The Kier molecular flexibility index (Phi) is 7.39. The van der Waals surface area contributed by atoms with Crippen molar-refractivity contribution >= 4 is 23.4 Å². The van der Waals surface area contributed by atoms with E-state index >= 15 is 0 Å². The van der Waals surface area contributed by atoms with Gasteiger partial charge in [-0.2, -0.15) is 0 Å². The van der Waals surface area contributed by atoms with Crippen molar-refractivity contribution in [3.8, 4) is 0 Å². The van der Waals surface area contributed by atoms with Crippen LogP contribution < -0.4 is 10.7 Å². The molecule has 0 fully saturated rings. The van der Waals surface area contributed by atoms with Crippen molar-refractivity contribution in [1.29, 1.82) is 0 Å². The number of amides is 2. The van der Waals surface area contributed by atoms with Crippen LogP contribution in [-0.4, -0.2) is 23.4 Å². The van der Waals surface area contributed by atoms with Crippen LogP contribution in [0.2, 0.25) is 5.02 Å². The number of hydrazine groups is 1. The number of hydrogen-bond donors (Lipinski definition) is 2. The van der Waals surface area contributed by atoms with Gasteiger partial charge in [0.1, 0.15) is 0 Å². The van der Waals surface area contributed by atoms with Crippen molar-refractivity contribution in [3.05, 3.63) is 107 Å². The van der Waals surface area contributed by atoms with Gasteiger partial charge in [-0.05, 0) is 23.3 Å². The molecule has 3 aromatic rings. The number of carbonyl (C=O) groups is 2. The van der Waals surface area contributed by atoms with E-state index in [0.717, 1.165) is 11.1 Å². The first kappa shape index (κ1) is 20.6. The first-order valence-corrected chi connectivity index (χ1v) is 9.64. The predicted octanol–water partition coefficient (Wildman–Crippen LogP) is 3.80. The molecule has 0 atom stereocenters. The van der Waals surface area contributed by atoms with Crippen molar-refractivity contribution in [1.82, 2.24) is 15.8 Å². The summed E-state index contributed by atoms with van der Waals surface area (Å²) in [5.74, 6) is -0.694. The average Bonchev–Trinajstić information content (AvgIpc) is 2.74. The fourth-order valence-corrected chi connectivity index (χ4v) is 3.08.